The van der Waals surface area contributed by atoms with E-state index in [0.717, 1.165) is 6.42 Å². The fourth-order valence-corrected chi connectivity index (χ4v) is 2.59. The molecule has 0 bridgehead atoms. The van der Waals surface area contributed by atoms with Crippen LogP contribution in [0.4, 0.5) is 5.69 Å². The molecule has 2 amide bonds. The van der Waals surface area contributed by atoms with Crippen LogP contribution < -0.4 is 10.6 Å². The van der Waals surface area contributed by atoms with E-state index in [9.17, 15) is 9.59 Å². The van der Waals surface area contributed by atoms with Gasteiger partial charge in [-0.05, 0) is 48.9 Å². The lowest BCUT2D eigenvalue weighted by Crippen LogP contribution is -2.23. The number of anilines is 1. The molecule has 29 heavy (non-hydrogen) atoms. The second-order valence-electron chi connectivity index (χ2n) is 6.30. The largest absolute Gasteiger partial charge is 0.418 e. The third-order valence-electron chi connectivity index (χ3n) is 4.05. The summed E-state index contributed by atoms with van der Waals surface area (Å²) in [5.74, 6) is 0.256. The molecule has 0 aliphatic heterocycles. The van der Waals surface area contributed by atoms with Crippen LogP contribution in [0.25, 0.3) is 11.5 Å². The maximum atomic E-state index is 12.6. The topological polar surface area (TPSA) is 106 Å². The van der Waals surface area contributed by atoms with Crippen molar-refractivity contribution in [2.45, 2.75) is 20.0 Å². The molecule has 0 fully saturated rings. The molecule has 0 radical (unpaired) electrons. The first-order valence-electron chi connectivity index (χ1n) is 9.22. The molecule has 0 saturated carbocycles. The van der Waals surface area contributed by atoms with Crippen molar-refractivity contribution in [3.8, 4) is 11.5 Å². The molecule has 0 saturated heterocycles. The van der Waals surface area contributed by atoms with Crippen molar-refractivity contribution in [1.29, 1.82) is 0 Å². The van der Waals surface area contributed by atoms with Crippen molar-refractivity contribution in [2.75, 3.05) is 19.0 Å². The molecule has 3 aromatic rings. The van der Waals surface area contributed by atoms with Gasteiger partial charge in [0.1, 0.15) is 6.61 Å². The summed E-state index contributed by atoms with van der Waals surface area (Å²) >= 11 is 0. The van der Waals surface area contributed by atoms with Crippen LogP contribution in [0.1, 0.15) is 40.0 Å². The van der Waals surface area contributed by atoms with Crippen molar-refractivity contribution < 1.29 is 18.7 Å². The third kappa shape index (κ3) is 5.26. The minimum Gasteiger partial charge on any atom is -0.418 e. The molecule has 1 aromatic heterocycles. The first-order chi connectivity index (χ1) is 14.1. The molecule has 8 nitrogen and oxygen atoms in total. The van der Waals surface area contributed by atoms with Crippen molar-refractivity contribution in [2.24, 2.45) is 0 Å². The number of aromatic nitrogens is 2. The van der Waals surface area contributed by atoms with Crippen LogP contribution in [0, 0.1) is 0 Å². The van der Waals surface area contributed by atoms with Crippen LogP contribution in [-0.4, -0.2) is 35.7 Å². The Morgan fingerprint density at radius 2 is 1.83 bits per heavy atom. The molecule has 0 aliphatic rings. The van der Waals surface area contributed by atoms with Gasteiger partial charge in [-0.3, -0.25) is 9.59 Å². The Balaban J connectivity index is 1.68. The van der Waals surface area contributed by atoms with E-state index in [1.54, 1.807) is 55.6 Å². The molecule has 0 aliphatic carbocycles. The van der Waals surface area contributed by atoms with E-state index in [2.05, 4.69) is 20.8 Å². The monoisotopic (exact) mass is 394 g/mol. The Kier molecular flexibility index (Phi) is 6.70. The number of benzene rings is 2. The number of rotatable bonds is 8. The normalized spacial score (nSPS) is 10.6. The number of nitrogens with one attached hydrogen (secondary N) is 2. The van der Waals surface area contributed by atoms with Crippen LogP contribution in [0.2, 0.25) is 0 Å². The fraction of sp³-hybridized carbons (Fsp3) is 0.238. The molecule has 1 heterocycles. The second kappa shape index (κ2) is 9.61. The van der Waals surface area contributed by atoms with Crippen molar-refractivity contribution >= 4 is 17.5 Å². The van der Waals surface area contributed by atoms with Crippen LogP contribution in [0.3, 0.4) is 0 Å². The molecule has 150 valence electrons. The van der Waals surface area contributed by atoms with Gasteiger partial charge < -0.3 is 19.8 Å². The van der Waals surface area contributed by atoms with Crippen molar-refractivity contribution in [1.82, 2.24) is 15.5 Å². The molecule has 3 rings (SSSR count). The van der Waals surface area contributed by atoms with E-state index in [1.807, 2.05) is 6.92 Å². The van der Waals surface area contributed by atoms with Crippen LogP contribution in [0.5, 0.6) is 0 Å². The Hall–Kier alpha value is -3.52. The second-order valence-corrected chi connectivity index (χ2v) is 6.30. The van der Waals surface area contributed by atoms with Gasteiger partial charge >= 0.3 is 0 Å². The predicted octanol–water partition coefficient (Wildman–Crippen LogP) is 3.28. The Bertz CT molecular complexity index is 982. The van der Waals surface area contributed by atoms with E-state index < -0.39 is 0 Å². The molecular weight excluding hydrogens is 372 g/mol. The van der Waals surface area contributed by atoms with Gasteiger partial charge in [-0.1, -0.05) is 13.0 Å². The summed E-state index contributed by atoms with van der Waals surface area (Å²) < 4.78 is 10.5. The van der Waals surface area contributed by atoms with E-state index in [4.69, 9.17) is 9.15 Å². The number of carbonyl (C=O) groups excluding carboxylic acids is 2. The molecule has 8 heteroatoms. The van der Waals surface area contributed by atoms with Crippen molar-refractivity contribution in [3.05, 3.63) is 65.5 Å². The summed E-state index contributed by atoms with van der Waals surface area (Å²) in [6, 6.07) is 13.6. The first-order valence-corrected chi connectivity index (χ1v) is 9.22. The number of amides is 2. The SMILES string of the molecule is CCCNC(=O)c1ccc(NC(=O)c2cccc(-c3nnc(COC)o3)c2)cc1. The third-order valence-corrected chi connectivity index (χ3v) is 4.05. The Morgan fingerprint density at radius 3 is 2.55 bits per heavy atom. The number of hydrogen-bond acceptors (Lipinski definition) is 6. The lowest BCUT2D eigenvalue weighted by Gasteiger charge is -2.08. The minimum atomic E-state index is -0.285. The van der Waals surface area contributed by atoms with Gasteiger partial charge in [0.15, 0.2) is 0 Å². The minimum absolute atomic E-state index is 0.134. The van der Waals surface area contributed by atoms with Crippen LogP contribution in [0.15, 0.2) is 52.9 Å². The van der Waals surface area contributed by atoms with Gasteiger partial charge in [0.2, 0.25) is 11.8 Å². The number of ether oxygens (including phenoxy) is 1. The zero-order valence-corrected chi connectivity index (χ0v) is 16.3. The predicted molar refractivity (Wildman–Crippen MR) is 107 cm³/mol. The summed E-state index contributed by atoms with van der Waals surface area (Å²) in [6.45, 7) is 2.84. The Labute approximate surface area is 168 Å². The molecular formula is C21H22N4O4. The highest BCUT2D eigenvalue weighted by Crippen LogP contribution is 2.20. The summed E-state index contributed by atoms with van der Waals surface area (Å²) in [7, 11) is 1.54. The fourth-order valence-electron chi connectivity index (χ4n) is 2.59. The molecule has 2 N–H and O–H groups in total. The first kappa shape index (κ1) is 20.2. The standard InChI is InChI=1S/C21H22N4O4/c1-3-11-22-19(26)14-7-9-17(10-8-14)23-20(27)15-5-4-6-16(12-15)21-25-24-18(29-21)13-28-2/h4-10,12H,3,11,13H2,1-2H3,(H,22,26)(H,23,27). The highest BCUT2D eigenvalue weighted by Gasteiger charge is 2.12. The average Bonchev–Trinajstić information content (AvgIpc) is 3.21. The van der Waals surface area contributed by atoms with E-state index in [-0.39, 0.29) is 18.4 Å². The zero-order valence-electron chi connectivity index (χ0n) is 16.3. The van der Waals surface area contributed by atoms with Gasteiger partial charge in [-0.15, -0.1) is 10.2 Å². The lowest BCUT2D eigenvalue weighted by molar-refractivity contribution is 0.0953. The number of methoxy groups -OCH3 is 1. The van der Waals surface area contributed by atoms with E-state index >= 15 is 0 Å². The summed E-state index contributed by atoms with van der Waals surface area (Å²) in [4.78, 5) is 24.5. The van der Waals surface area contributed by atoms with Gasteiger partial charge in [0.05, 0.1) is 0 Å². The quantitative estimate of drug-likeness (QED) is 0.607. The average molecular weight is 394 g/mol. The number of carbonyl (C=O) groups is 2. The molecule has 0 unspecified atom stereocenters. The van der Waals surface area contributed by atoms with E-state index in [0.29, 0.717) is 40.7 Å². The lowest BCUT2D eigenvalue weighted by atomic mass is 10.1. The summed E-state index contributed by atoms with van der Waals surface area (Å²) in [6.07, 6.45) is 0.871. The summed E-state index contributed by atoms with van der Waals surface area (Å²) in [5.41, 5.74) is 2.21. The Morgan fingerprint density at radius 1 is 1.03 bits per heavy atom. The van der Waals surface area contributed by atoms with Gasteiger partial charge in [-0.25, -0.2) is 0 Å². The molecule has 0 spiro atoms. The highest BCUT2D eigenvalue weighted by molar-refractivity contribution is 6.05. The maximum absolute atomic E-state index is 12.6. The number of hydrogen-bond donors (Lipinski definition) is 2. The maximum Gasteiger partial charge on any atom is 0.255 e. The number of nitrogens with zero attached hydrogens (tertiary/aromatic N) is 2. The van der Waals surface area contributed by atoms with E-state index in [1.165, 1.54) is 0 Å². The van der Waals surface area contributed by atoms with Gasteiger partial charge in [0.25, 0.3) is 11.8 Å². The van der Waals surface area contributed by atoms with Crippen LogP contribution in [-0.2, 0) is 11.3 Å². The van der Waals surface area contributed by atoms with Gasteiger partial charge in [0, 0.05) is 36.0 Å². The highest BCUT2D eigenvalue weighted by atomic mass is 16.5. The molecule has 2 aromatic carbocycles. The smallest absolute Gasteiger partial charge is 0.255 e. The van der Waals surface area contributed by atoms with Crippen molar-refractivity contribution in [3.63, 3.8) is 0 Å². The van der Waals surface area contributed by atoms with Gasteiger partial charge in [-0.2, -0.15) is 0 Å². The zero-order chi connectivity index (χ0) is 20.6. The summed E-state index contributed by atoms with van der Waals surface area (Å²) in [5, 5.41) is 13.5. The van der Waals surface area contributed by atoms with Crippen LogP contribution >= 0.6 is 0 Å². The molecule has 0 atom stereocenters.